The molecule has 0 heterocycles. The van der Waals surface area contributed by atoms with Crippen molar-refractivity contribution in [2.45, 2.75) is 60.3 Å². The summed E-state index contributed by atoms with van der Waals surface area (Å²) in [5.41, 5.74) is 1.63. The van der Waals surface area contributed by atoms with E-state index in [0.29, 0.717) is 11.8 Å². The van der Waals surface area contributed by atoms with Crippen LogP contribution in [0.15, 0.2) is 36.5 Å². The molecule has 0 aliphatic carbocycles. The number of hydrogen-bond acceptors (Lipinski definition) is 0. The first-order valence-electron chi connectivity index (χ1n) is 7.42. The second-order valence-corrected chi connectivity index (χ2v) is 5.93. The molecule has 0 spiro atoms. The Balaban J connectivity index is 4.36. The van der Waals surface area contributed by atoms with Gasteiger partial charge >= 0.3 is 0 Å². The molecule has 18 heavy (non-hydrogen) atoms. The second-order valence-electron chi connectivity index (χ2n) is 5.93. The fourth-order valence-corrected chi connectivity index (χ4v) is 2.16. The van der Waals surface area contributed by atoms with E-state index in [4.69, 9.17) is 0 Å². The number of rotatable bonds is 9. The molecule has 0 bridgehead atoms. The zero-order chi connectivity index (χ0) is 14.0. The van der Waals surface area contributed by atoms with Crippen molar-refractivity contribution in [1.29, 1.82) is 0 Å². The standard InChI is InChI=1S/C18H32/c1-7-9-10-17(6)14-18(13-15(3)4)12-11-16(5)8-2/h7-9,13,15-17H,2,10-12,14H2,1,3-6H3. The van der Waals surface area contributed by atoms with Crippen LogP contribution >= 0.6 is 0 Å². The van der Waals surface area contributed by atoms with Crippen molar-refractivity contribution in [2.24, 2.45) is 17.8 Å². The molecule has 104 valence electrons. The third-order valence-electron chi connectivity index (χ3n) is 3.28. The molecule has 0 aromatic rings. The lowest BCUT2D eigenvalue weighted by atomic mass is 9.91. The van der Waals surface area contributed by atoms with E-state index in [9.17, 15) is 0 Å². The summed E-state index contributed by atoms with van der Waals surface area (Å²) in [4.78, 5) is 0. The molecule has 0 N–H and O–H groups in total. The molecule has 0 aromatic carbocycles. The predicted octanol–water partition coefficient (Wildman–Crippen LogP) is 6.16. The smallest absolute Gasteiger partial charge is 0.0262 e. The van der Waals surface area contributed by atoms with Gasteiger partial charge in [0.1, 0.15) is 0 Å². The highest BCUT2D eigenvalue weighted by molar-refractivity contribution is 5.05. The Labute approximate surface area is 115 Å². The molecule has 2 unspecified atom stereocenters. The molecule has 0 fully saturated rings. The van der Waals surface area contributed by atoms with Crippen molar-refractivity contribution in [3.8, 4) is 0 Å². The molecule has 0 heteroatoms. The molecule has 0 aromatic heterocycles. The van der Waals surface area contributed by atoms with Crippen LogP contribution in [0.4, 0.5) is 0 Å². The number of hydrogen-bond donors (Lipinski definition) is 0. The fourth-order valence-electron chi connectivity index (χ4n) is 2.16. The third kappa shape index (κ3) is 9.27. The molecule has 0 aliphatic heterocycles. The van der Waals surface area contributed by atoms with Gasteiger partial charge in [-0.1, -0.05) is 57.6 Å². The Kier molecular flexibility index (Phi) is 9.73. The quantitative estimate of drug-likeness (QED) is 0.428. The summed E-state index contributed by atoms with van der Waals surface area (Å²) in [7, 11) is 0. The van der Waals surface area contributed by atoms with E-state index in [1.165, 1.54) is 25.7 Å². The van der Waals surface area contributed by atoms with Gasteiger partial charge in [0.25, 0.3) is 0 Å². The maximum Gasteiger partial charge on any atom is -0.0262 e. The summed E-state index contributed by atoms with van der Waals surface area (Å²) < 4.78 is 0. The summed E-state index contributed by atoms with van der Waals surface area (Å²) in [5, 5.41) is 0. The van der Waals surface area contributed by atoms with Gasteiger partial charge in [0.15, 0.2) is 0 Å². The van der Waals surface area contributed by atoms with Crippen LogP contribution < -0.4 is 0 Å². The summed E-state index contributed by atoms with van der Waals surface area (Å²) in [6, 6.07) is 0. The molecule has 0 rings (SSSR count). The maximum absolute atomic E-state index is 3.87. The van der Waals surface area contributed by atoms with Crippen molar-refractivity contribution in [1.82, 2.24) is 0 Å². The predicted molar refractivity (Wildman–Crippen MR) is 84.7 cm³/mol. The van der Waals surface area contributed by atoms with Crippen LogP contribution in [0, 0.1) is 17.8 Å². The van der Waals surface area contributed by atoms with Gasteiger partial charge in [-0.2, -0.15) is 0 Å². The van der Waals surface area contributed by atoms with Crippen molar-refractivity contribution in [3.05, 3.63) is 36.5 Å². The molecule has 0 amide bonds. The largest absolute Gasteiger partial charge is 0.103 e. The summed E-state index contributed by atoms with van der Waals surface area (Å²) in [6.45, 7) is 15.1. The Bertz CT molecular complexity index is 268. The summed E-state index contributed by atoms with van der Waals surface area (Å²) >= 11 is 0. The highest BCUT2D eigenvalue weighted by atomic mass is 14.1. The number of allylic oxidation sites excluding steroid dienone is 5. The lowest BCUT2D eigenvalue weighted by Gasteiger charge is -2.15. The van der Waals surface area contributed by atoms with E-state index >= 15 is 0 Å². The van der Waals surface area contributed by atoms with E-state index in [1.807, 2.05) is 0 Å². The first-order valence-corrected chi connectivity index (χ1v) is 7.42. The highest BCUT2D eigenvalue weighted by Crippen LogP contribution is 2.23. The average molecular weight is 248 g/mol. The van der Waals surface area contributed by atoms with Crippen molar-refractivity contribution in [2.75, 3.05) is 0 Å². The van der Waals surface area contributed by atoms with Crippen molar-refractivity contribution in [3.63, 3.8) is 0 Å². The van der Waals surface area contributed by atoms with Gasteiger partial charge in [-0.25, -0.2) is 0 Å². The monoisotopic (exact) mass is 248 g/mol. The zero-order valence-electron chi connectivity index (χ0n) is 13.1. The second kappa shape index (κ2) is 10.2. The van der Waals surface area contributed by atoms with Gasteiger partial charge in [0.2, 0.25) is 0 Å². The van der Waals surface area contributed by atoms with Crippen LogP contribution in [0.25, 0.3) is 0 Å². The van der Waals surface area contributed by atoms with Crippen LogP contribution in [0.2, 0.25) is 0 Å². The molecule has 0 nitrogen and oxygen atoms in total. The normalized spacial score (nSPS) is 16.2. The van der Waals surface area contributed by atoms with E-state index in [0.717, 1.165) is 5.92 Å². The van der Waals surface area contributed by atoms with Gasteiger partial charge in [-0.05, 0) is 50.4 Å². The Morgan fingerprint density at radius 1 is 1.17 bits per heavy atom. The topological polar surface area (TPSA) is 0 Å². The van der Waals surface area contributed by atoms with Crippen LogP contribution in [0.3, 0.4) is 0 Å². The van der Waals surface area contributed by atoms with Crippen LogP contribution in [-0.2, 0) is 0 Å². The highest BCUT2D eigenvalue weighted by Gasteiger charge is 2.07. The van der Waals surface area contributed by atoms with Gasteiger partial charge in [0.05, 0.1) is 0 Å². The molecule has 0 saturated carbocycles. The molecular formula is C18H32. The summed E-state index contributed by atoms with van der Waals surface area (Å²) in [6.07, 6.45) is 13.9. The first kappa shape index (κ1) is 17.2. The zero-order valence-corrected chi connectivity index (χ0v) is 13.1. The van der Waals surface area contributed by atoms with Gasteiger partial charge in [0, 0.05) is 0 Å². The van der Waals surface area contributed by atoms with E-state index in [2.05, 4.69) is 65.5 Å². The Morgan fingerprint density at radius 2 is 1.83 bits per heavy atom. The van der Waals surface area contributed by atoms with E-state index in [1.54, 1.807) is 5.57 Å². The minimum absolute atomic E-state index is 0.631. The van der Waals surface area contributed by atoms with Crippen molar-refractivity contribution < 1.29 is 0 Å². The fraction of sp³-hybridized carbons (Fsp3) is 0.667. The van der Waals surface area contributed by atoms with E-state index < -0.39 is 0 Å². The Hall–Kier alpha value is -0.780. The molecule has 0 aliphatic rings. The Morgan fingerprint density at radius 3 is 2.33 bits per heavy atom. The van der Waals surface area contributed by atoms with Gasteiger partial charge in [-0.15, -0.1) is 6.58 Å². The SMILES string of the molecule is C=CC(C)CCC(=CC(C)C)CC(C)CC=CC. The maximum atomic E-state index is 3.87. The summed E-state index contributed by atoms with van der Waals surface area (Å²) in [5.74, 6) is 2.05. The lowest BCUT2D eigenvalue weighted by molar-refractivity contribution is 0.548. The van der Waals surface area contributed by atoms with Gasteiger partial charge in [-0.3, -0.25) is 0 Å². The third-order valence-corrected chi connectivity index (χ3v) is 3.28. The molecule has 0 radical (unpaired) electrons. The molecule has 0 saturated heterocycles. The lowest BCUT2D eigenvalue weighted by Crippen LogP contribution is -2.00. The van der Waals surface area contributed by atoms with Crippen LogP contribution in [0.1, 0.15) is 60.3 Å². The minimum Gasteiger partial charge on any atom is -0.103 e. The van der Waals surface area contributed by atoms with Crippen LogP contribution in [0.5, 0.6) is 0 Å². The van der Waals surface area contributed by atoms with E-state index in [-0.39, 0.29) is 0 Å². The van der Waals surface area contributed by atoms with Gasteiger partial charge < -0.3 is 0 Å². The van der Waals surface area contributed by atoms with Crippen LogP contribution in [-0.4, -0.2) is 0 Å². The minimum atomic E-state index is 0.631. The van der Waals surface area contributed by atoms with Crippen molar-refractivity contribution >= 4 is 0 Å². The molecule has 2 atom stereocenters. The first-order chi connectivity index (χ1) is 8.49. The molecular weight excluding hydrogens is 216 g/mol. The average Bonchev–Trinajstić information content (AvgIpc) is 2.32.